The molecule has 2 heteroatoms. The Hall–Kier alpha value is -0.370. The topological polar surface area (TPSA) is 43.1 Å². The zero-order valence-corrected chi connectivity index (χ0v) is 7.22. The maximum Gasteiger partial charge on any atom is 0.152 e. The van der Waals surface area contributed by atoms with E-state index >= 15 is 0 Å². The van der Waals surface area contributed by atoms with Crippen molar-refractivity contribution < 1.29 is 4.79 Å². The minimum atomic E-state index is -0.308. The highest BCUT2D eigenvalue weighted by Gasteiger charge is 2.19. The first kappa shape index (κ1) is 9.63. The third-order valence-corrected chi connectivity index (χ3v) is 1.90. The van der Waals surface area contributed by atoms with Crippen LogP contribution in [-0.2, 0) is 4.79 Å². The molecule has 0 heterocycles. The largest absolute Gasteiger partial charge is 0.322 e. The fraction of sp³-hybridized carbons (Fsp3) is 0.875. The van der Waals surface area contributed by atoms with E-state index in [0.717, 1.165) is 0 Å². The molecule has 2 N–H and O–H groups in total. The van der Waals surface area contributed by atoms with E-state index in [9.17, 15) is 4.79 Å². The van der Waals surface area contributed by atoms with Gasteiger partial charge in [-0.3, -0.25) is 4.79 Å². The predicted molar refractivity (Wildman–Crippen MR) is 42.7 cm³/mol. The first-order valence-corrected chi connectivity index (χ1v) is 3.76. The molecular weight excluding hydrogens is 126 g/mol. The van der Waals surface area contributed by atoms with Gasteiger partial charge in [0.2, 0.25) is 0 Å². The molecule has 1 unspecified atom stereocenters. The van der Waals surface area contributed by atoms with Crippen LogP contribution in [0, 0.1) is 11.8 Å². The molecule has 0 aromatic carbocycles. The number of hydrogen-bond acceptors (Lipinski definition) is 2. The quantitative estimate of drug-likeness (QED) is 0.645. The smallest absolute Gasteiger partial charge is 0.152 e. The maximum atomic E-state index is 11.2. The highest BCUT2D eigenvalue weighted by atomic mass is 16.1. The molecule has 0 spiro atoms. The monoisotopic (exact) mass is 143 g/mol. The van der Waals surface area contributed by atoms with E-state index in [1.54, 1.807) is 6.92 Å². The Labute approximate surface area is 62.8 Å². The van der Waals surface area contributed by atoms with Gasteiger partial charge in [0.15, 0.2) is 5.78 Å². The average molecular weight is 143 g/mol. The van der Waals surface area contributed by atoms with Crippen molar-refractivity contribution in [1.82, 2.24) is 0 Å². The molecule has 0 aliphatic heterocycles. The van der Waals surface area contributed by atoms with Crippen LogP contribution < -0.4 is 5.73 Å². The van der Waals surface area contributed by atoms with Gasteiger partial charge in [0.05, 0.1) is 6.04 Å². The number of rotatable bonds is 3. The first-order chi connectivity index (χ1) is 4.46. The van der Waals surface area contributed by atoms with E-state index in [-0.39, 0.29) is 17.7 Å². The lowest BCUT2D eigenvalue weighted by molar-refractivity contribution is -0.124. The van der Waals surface area contributed by atoms with Crippen LogP contribution in [0.25, 0.3) is 0 Å². The molecule has 0 amide bonds. The van der Waals surface area contributed by atoms with Crippen molar-refractivity contribution >= 4 is 5.78 Å². The number of carbonyl (C=O) groups excluding carboxylic acids is 1. The number of nitrogens with two attached hydrogens (primary N) is 1. The Morgan fingerprint density at radius 3 is 1.70 bits per heavy atom. The van der Waals surface area contributed by atoms with E-state index in [4.69, 9.17) is 5.73 Å². The van der Waals surface area contributed by atoms with Crippen molar-refractivity contribution in [2.45, 2.75) is 33.7 Å². The van der Waals surface area contributed by atoms with E-state index in [2.05, 4.69) is 0 Å². The van der Waals surface area contributed by atoms with Crippen molar-refractivity contribution in [3.8, 4) is 0 Å². The minimum absolute atomic E-state index is 0.0972. The molecule has 2 atom stereocenters. The lowest BCUT2D eigenvalue weighted by Gasteiger charge is -2.15. The van der Waals surface area contributed by atoms with Crippen molar-refractivity contribution in [2.75, 3.05) is 0 Å². The number of ketones is 1. The molecule has 0 bridgehead atoms. The Morgan fingerprint density at radius 1 is 1.20 bits per heavy atom. The van der Waals surface area contributed by atoms with Crippen molar-refractivity contribution in [3.05, 3.63) is 0 Å². The van der Waals surface area contributed by atoms with E-state index < -0.39 is 0 Å². The summed E-state index contributed by atoms with van der Waals surface area (Å²) in [4.78, 5) is 11.2. The Morgan fingerprint density at radius 2 is 1.60 bits per heavy atom. The zero-order valence-electron chi connectivity index (χ0n) is 7.22. The molecule has 2 nitrogen and oxygen atoms in total. The Balaban J connectivity index is 3.95. The fourth-order valence-electron chi connectivity index (χ4n) is 0.743. The molecule has 0 aliphatic rings. The number of hydrogen-bond donors (Lipinski definition) is 1. The molecule has 0 aromatic heterocycles. The summed E-state index contributed by atoms with van der Waals surface area (Å²) in [5.74, 6) is 0.661. The van der Waals surface area contributed by atoms with Gasteiger partial charge in [0.25, 0.3) is 0 Å². The maximum absolute atomic E-state index is 11.2. The van der Waals surface area contributed by atoms with Gasteiger partial charge in [0, 0.05) is 5.92 Å². The molecule has 0 aromatic rings. The summed E-state index contributed by atoms with van der Waals surface area (Å²) in [5.41, 5.74) is 5.43. The van der Waals surface area contributed by atoms with Gasteiger partial charge in [0.1, 0.15) is 0 Å². The lowest BCUT2D eigenvalue weighted by atomic mass is 9.91. The van der Waals surface area contributed by atoms with Gasteiger partial charge >= 0.3 is 0 Å². The van der Waals surface area contributed by atoms with Crippen LogP contribution in [0.1, 0.15) is 27.7 Å². The third kappa shape index (κ3) is 2.48. The summed E-state index contributed by atoms with van der Waals surface area (Å²) in [5, 5.41) is 0. The molecule has 0 radical (unpaired) electrons. The Kier molecular flexibility index (Phi) is 3.58. The van der Waals surface area contributed by atoms with Crippen LogP contribution in [0.2, 0.25) is 0 Å². The zero-order chi connectivity index (χ0) is 8.31. The molecule has 0 fully saturated rings. The van der Waals surface area contributed by atoms with Crippen molar-refractivity contribution in [1.29, 1.82) is 0 Å². The van der Waals surface area contributed by atoms with E-state index in [0.29, 0.717) is 5.92 Å². The minimum Gasteiger partial charge on any atom is -0.322 e. The summed E-state index contributed by atoms with van der Waals surface area (Å²) in [6.07, 6.45) is 0. The molecule has 0 saturated heterocycles. The second-order valence-corrected chi connectivity index (χ2v) is 3.22. The van der Waals surface area contributed by atoms with E-state index in [1.807, 2.05) is 20.8 Å². The van der Waals surface area contributed by atoms with Crippen LogP contribution in [0.15, 0.2) is 0 Å². The van der Waals surface area contributed by atoms with Crippen LogP contribution in [-0.4, -0.2) is 11.8 Å². The van der Waals surface area contributed by atoms with Gasteiger partial charge in [-0.05, 0) is 12.8 Å². The second-order valence-electron chi connectivity index (χ2n) is 3.22. The highest BCUT2D eigenvalue weighted by molar-refractivity contribution is 5.85. The van der Waals surface area contributed by atoms with Crippen molar-refractivity contribution in [3.63, 3.8) is 0 Å². The fourth-order valence-corrected chi connectivity index (χ4v) is 0.743. The van der Waals surface area contributed by atoms with Crippen LogP contribution in [0.4, 0.5) is 0 Å². The number of Topliss-reactive ketones (excluding diaryl/α,β-unsaturated/α-hetero) is 1. The first-order valence-electron chi connectivity index (χ1n) is 3.76. The Bertz CT molecular complexity index is 118. The number of carbonyl (C=O) groups is 1. The predicted octanol–water partition coefficient (Wildman–Crippen LogP) is 1.19. The SMILES string of the molecule is CC(C)C(C)C(=O)[C@H](C)N. The molecule has 10 heavy (non-hydrogen) atoms. The van der Waals surface area contributed by atoms with Crippen molar-refractivity contribution in [2.24, 2.45) is 17.6 Å². The van der Waals surface area contributed by atoms with Gasteiger partial charge in [-0.2, -0.15) is 0 Å². The highest BCUT2D eigenvalue weighted by Crippen LogP contribution is 2.11. The van der Waals surface area contributed by atoms with E-state index in [1.165, 1.54) is 0 Å². The van der Waals surface area contributed by atoms with Gasteiger partial charge < -0.3 is 5.73 Å². The second kappa shape index (κ2) is 3.71. The van der Waals surface area contributed by atoms with Gasteiger partial charge in [-0.25, -0.2) is 0 Å². The summed E-state index contributed by atoms with van der Waals surface area (Å²) in [6, 6.07) is -0.308. The molecule has 0 rings (SSSR count). The van der Waals surface area contributed by atoms with Crippen LogP contribution in [0.3, 0.4) is 0 Å². The molecule has 60 valence electrons. The summed E-state index contributed by atoms with van der Waals surface area (Å²) in [7, 11) is 0. The van der Waals surface area contributed by atoms with Crippen LogP contribution >= 0.6 is 0 Å². The molecule has 0 aliphatic carbocycles. The summed E-state index contributed by atoms with van der Waals surface area (Å²) < 4.78 is 0. The lowest BCUT2D eigenvalue weighted by Crippen LogP contribution is -2.33. The van der Waals surface area contributed by atoms with Crippen LogP contribution in [0.5, 0.6) is 0 Å². The molecular formula is C8H17NO. The average Bonchev–Trinajstić information content (AvgIpc) is 1.84. The normalized spacial score (nSPS) is 17.0. The summed E-state index contributed by atoms with van der Waals surface area (Å²) in [6.45, 7) is 7.73. The summed E-state index contributed by atoms with van der Waals surface area (Å²) >= 11 is 0. The molecule has 0 saturated carbocycles. The third-order valence-electron chi connectivity index (χ3n) is 1.90. The van der Waals surface area contributed by atoms with Gasteiger partial charge in [-0.1, -0.05) is 20.8 Å². The standard InChI is InChI=1S/C8H17NO/c1-5(2)6(3)8(10)7(4)9/h5-7H,9H2,1-4H3/t6?,7-/m0/s1. The van der Waals surface area contributed by atoms with Gasteiger partial charge in [-0.15, -0.1) is 0 Å².